The van der Waals surface area contributed by atoms with Crippen molar-refractivity contribution in [2.45, 2.75) is 31.4 Å². The lowest BCUT2D eigenvalue weighted by Gasteiger charge is -2.36. The van der Waals surface area contributed by atoms with E-state index in [1.54, 1.807) is 24.3 Å². The van der Waals surface area contributed by atoms with Crippen molar-refractivity contribution in [2.75, 3.05) is 39.5 Å². The molecular formula is C27H31N3O7S. The number of carbonyl (C=O) groups is 3. The van der Waals surface area contributed by atoms with E-state index in [1.165, 1.54) is 4.90 Å². The molecule has 0 radical (unpaired) electrons. The highest BCUT2D eigenvalue weighted by Crippen LogP contribution is 2.19. The van der Waals surface area contributed by atoms with Gasteiger partial charge in [-0.05, 0) is 49.3 Å². The van der Waals surface area contributed by atoms with E-state index >= 15 is 0 Å². The van der Waals surface area contributed by atoms with E-state index in [4.69, 9.17) is 31.2 Å². The number of esters is 1. The molecule has 2 aliphatic heterocycles. The molecule has 0 spiro atoms. The maximum absolute atomic E-state index is 13.1. The number of hydrogen-bond acceptors (Lipinski definition) is 8. The molecule has 0 aromatic heterocycles. The second-order valence-corrected chi connectivity index (χ2v) is 9.17. The molecule has 38 heavy (non-hydrogen) atoms. The van der Waals surface area contributed by atoms with Gasteiger partial charge in [-0.15, -0.1) is 0 Å². The first-order chi connectivity index (χ1) is 18.5. The monoisotopic (exact) mass is 541 g/mol. The highest BCUT2D eigenvalue weighted by molar-refractivity contribution is 7.80. The number of piperazine rings is 1. The Bertz CT molecular complexity index is 1120. The molecule has 2 atom stereocenters. The molecule has 2 fully saturated rings. The van der Waals surface area contributed by atoms with Crippen LogP contribution < -0.4 is 20.1 Å². The average Bonchev–Trinajstić information content (AvgIpc) is 3.46. The van der Waals surface area contributed by atoms with Crippen LogP contribution in [0.15, 0.2) is 54.6 Å². The van der Waals surface area contributed by atoms with E-state index in [-0.39, 0.29) is 42.3 Å². The zero-order valence-electron chi connectivity index (χ0n) is 20.9. The van der Waals surface area contributed by atoms with Crippen LogP contribution >= 0.6 is 12.2 Å². The summed E-state index contributed by atoms with van der Waals surface area (Å²) in [6, 6.07) is 15.2. The Kier molecular flexibility index (Phi) is 9.88. The maximum Gasteiger partial charge on any atom is 0.308 e. The largest absolute Gasteiger partial charge is 0.490 e. The molecular weight excluding hydrogens is 510 g/mol. The number of nitrogens with zero attached hydrogens (tertiary/aromatic N) is 1. The topological polar surface area (TPSA) is 115 Å². The molecule has 2 saturated heterocycles. The van der Waals surface area contributed by atoms with Crippen LogP contribution in [0, 0.1) is 0 Å². The first-order valence-electron chi connectivity index (χ1n) is 12.6. The molecule has 2 unspecified atom stereocenters. The van der Waals surface area contributed by atoms with E-state index in [0.717, 1.165) is 18.6 Å². The third-order valence-corrected chi connectivity index (χ3v) is 6.45. The molecule has 2 heterocycles. The van der Waals surface area contributed by atoms with Gasteiger partial charge in [0.25, 0.3) is 5.91 Å². The Morgan fingerprint density at radius 1 is 1.08 bits per heavy atom. The van der Waals surface area contributed by atoms with Crippen molar-refractivity contribution in [1.82, 2.24) is 15.5 Å². The molecule has 11 heteroatoms. The number of thiocarbonyl (C=S) groups is 1. The van der Waals surface area contributed by atoms with Gasteiger partial charge >= 0.3 is 5.97 Å². The SMILES string of the molecule is O=C(CC1C(=O)NCCN1C(=S)NC(=O)c1ccccc1OCCOc1ccccc1)OCC1CCCO1. The lowest BCUT2D eigenvalue weighted by molar-refractivity contribution is -0.150. The van der Waals surface area contributed by atoms with E-state index in [0.29, 0.717) is 32.1 Å². The Morgan fingerprint density at radius 2 is 1.84 bits per heavy atom. The van der Waals surface area contributed by atoms with Crippen LogP contribution in [0.2, 0.25) is 0 Å². The first kappa shape index (κ1) is 27.3. The lowest BCUT2D eigenvalue weighted by Crippen LogP contribution is -2.60. The van der Waals surface area contributed by atoms with Crippen molar-refractivity contribution < 1.29 is 33.3 Å². The molecule has 2 amide bonds. The molecule has 202 valence electrons. The van der Waals surface area contributed by atoms with Gasteiger partial charge in [-0.25, -0.2) is 0 Å². The summed E-state index contributed by atoms with van der Waals surface area (Å²) in [5.41, 5.74) is 0.281. The van der Waals surface area contributed by atoms with Gasteiger partial charge in [0.2, 0.25) is 5.91 Å². The molecule has 2 aromatic carbocycles. The van der Waals surface area contributed by atoms with Crippen molar-refractivity contribution in [2.24, 2.45) is 0 Å². The number of para-hydroxylation sites is 2. The van der Waals surface area contributed by atoms with Crippen molar-refractivity contribution in [3.63, 3.8) is 0 Å². The van der Waals surface area contributed by atoms with Gasteiger partial charge in [-0.2, -0.15) is 0 Å². The van der Waals surface area contributed by atoms with Crippen LogP contribution in [0.4, 0.5) is 0 Å². The van der Waals surface area contributed by atoms with E-state index in [1.807, 2.05) is 30.3 Å². The lowest BCUT2D eigenvalue weighted by atomic mass is 10.1. The minimum Gasteiger partial charge on any atom is -0.490 e. The Morgan fingerprint density at radius 3 is 2.63 bits per heavy atom. The fourth-order valence-corrected chi connectivity index (χ4v) is 4.49. The number of carbonyl (C=O) groups excluding carboxylic acids is 3. The van der Waals surface area contributed by atoms with Crippen LogP contribution in [0.25, 0.3) is 0 Å². The fraction of sp³-hybridized carbons (Fsp3) is 0.407. The highest BCUT2D eigenvalue weighted by atomic mass is 32.1. The Balaban J connectivity index is 1.31. The minimum atomic E-state index is -0.893. The Labute approximate surface area is 226 Å². The summed E-state index contributed by atoms with van der Waals surface area (Å²) in [6.07, 6.45) is 1.47. The summed E-state index contributed by atoms with van der Waals surface area (Å²) >= 11 is 5.47. The zero-order chi connectivity index (χ0) is 26.7. The summed E-state index contributed by atoms with van der Waals surface area (Å²) in [5, 5.41) is 5.46. The molecule has 2 N–H and O–H groups in total. The van der Waals surface area contributed by atoms with Gasteiger partial charge in [-0.1, -0.05) is 30.3 Å². The summed E-state index contributed by atoms with van der Waals surface area (Å²) in [5.74, 6) is -0.277. The maximum atomic E-state index is 13.1. The van der Waals surface area contributed by atoms with Gasteiger partial charge in [-0.3, -0.25) is 19.7 Å². The quantitative estimate of drug-likeness (QED) is 0.265. The number of hydrogen-bond donors (Lipinski definition) is 2. The van der Waals surface area contributed by atoms with Gasteiger partial charge < -0.3 is 29.2 Å². The average molecular weight is 542 g/mol. The standard InChI is InChI=1S/C27H31N3O7S/c31-24(37-18-20-9-6-14-34-20)17-22-26(33)28-12-13-30(22)27(38)29-25(32)21-10-4-5-11-23(21)36-16-15-35-19-7-2-1-3-8-19/h1-5,7-8,10-11,20,22H,6,9,12-18H2,(H,28,33)(H,29,32,38). The van der Waals surface area contributed by atoms with Gasteiger partial charge in [0.1, 0.15) is 37.4 Å². The predicted octanol–water partition coefficient (Wildman–Crippen LogP) is 2.07. The number of nitrogens with one attached hydrogen (secondary N) is 2. The van der Waals surface area contributed by atoms with Crippen molar-refractivity contribution >= 4 is 35.1 Å². The summed E-state index contributed by atoms with van der Waals surface area (Å²) in [6.45, 7) is 2.00. The van der Waals surface area contributed by atoms with Crippen molar-refractivity contribution in [3.05, 3.63) is 60.2 Å². The molecule has 0 saturated carbocycles. The normalized spacial score (nSPS) is 18.8. The fourth-order valence-electron chi connectivity index (χ4n) is 4.18. The smallest absolute Gasteiger partial charge is 0.308 e. The van der Waals surface area contributed by atoms with Crippen LogP contribution in [0.1, 0.15) is 29.6 Å². The number of ether oxygens (including phenoxy) is 4. The second kappa shape index (κ2) is 13.7. The number of rotatable bonds is 10. The zero-order valence-corrected chi connectivity index (χ0v) is 21.7. The van der Waals surface area contributed by atoms with Crippen LogP contribution in [0.3, 0.4) is 0 Å². The van der Waals surface area contributed by atoms with Gasteiger partial charge in [0.15, 0.2) is 5.11 Å². The van der Waals surface area contributed by atoms with Crippen molar-refractivity contribution in [1.29, 1.82) is 0 Å². The predicted molar refractivity (Wildman–Crippen MR) is 142 cm³/mol. The third kappa shape index (κ3) is 7.65. The van der Waals surface area contributed by atoms with Gasteiger partial charge in [0, 0.05) is 19.7 Å². The van der Waals surface area contributed by atoms with Crippen molar-refractivity contribution in [3.8, 4) is 11.5 Å². The number of amides is 2. The van der Waals surface area contributed by atoms with E-state index in [9.17, 15) is 14.4 Å². The molecule has 10 nitrogen and oxygen atoms in total. The summed E-state index contributed by atoms with van der Waals surface area (Å²) in [4.78, 5) is 39.6. The molecule has 2 aliphatic rings. The first-order valence-corrected chi connectivity index (χ1v) is 13.0. The van der Waals surface area contributed by atoms with Crippen LogP contribution in [-0.2, 0) is 19.1 Å². The van der Waals surface area contributed by atoms with E-state index in [2.05, 4.69) is 10.6 Å². The van der Waals surface area contributed by atoms with Crippen LogP contribution in [0.5, 0.6) is 11.5 Å². The second-order valence-electron chi connectivity index (χ2n) is 8.79. The Hall–Kier alpha value is -3.70. The van der Waals surface area contributed by atoms with Crippen LogP contribution in [-0.4, -0.2) is 79.5 Å². The summed E-state index contributed by atoms with van der Waals surface area (Å²) < 4.78 is 22.2. The molecule has 0 aliphatic carbocycles. The minimum absolute atomic E-state index is 0.0454. The molecule has 2 aromatic rings. The van der Waals surface area contributed by atoms with Gasteiger partial charge in [0.05, 0.1) is 18.1 Å². The molecule has 0 bridgehead atoms. The summed E-state index contributed by atoms with van der Waals surface area (Å²) in [7, 11) is 0. The highest BCUT2D eigenvalue weighted by Gasteiger charge is 2.34. The number of benzene rings is 2. The third-order valence-electron chi connectivity index (χ3n) is 6.11. The molecule has 4 rings (SSSR count). The van der Waals surface area contributed by atoms with E-state index < -0.39 is 17.9 Å².